The number of nitrogens with two attached hydrogens (primary N) is 1. The van der Waals surface area contributed by atoms with E-state index in [0.29, 0.717) is 0 Å². The van der Waals surface area contributed by atoms with E-state index in [2.05, 4.69) is 4.84 Å². The van der Waals surface area contributed by atoms with E-state index in [1.54, 1.807) is 6.07 Å². The molecule has 0 saturated heterocycles. The van der Waals surface area contributed by atoms with Gasteiger partial charge in [-0.2, -0.15) is 11.2 Å². The van der Waals surface area contributed by atoms with Crippen LogP contribution in [0.5, 0.6) is 5.75 Å². The van der Waals surface area contributed by atoms with Crippen molar-refractivity contribution in [2.75, 3.05) is 0 Å². The number of nitro groups is 1. The molecule has 6 nitrogen and oxygen atoms in total. The monoisotopic (exact) mass is 179 g/mol. The molecule has 0 atom stereocenters. The number of nitro benzene ring substituents is 1. The summed E-state index contributed by atoms with van der Waals surface area (Å²) in [5.74, 6) is 4.95. The molecule has 0 aromatic heterocycles. The fraction of sp³-hybridized carbons (Fsp3) is 0. The summed E-state index contributed by atoms with van der Waals surface area (Å²) in [6.07, 6.45) is 0. The van der Waals surface area contributed by atoms with E-state index in [9.17, 15) is 10.1 Å². The molecule has 1 aromatic rings. The second kappa shape index (κ2) is 3.51. The van der Waals surface area contributed by atoms with Crippen molar-refractivity contribution in [3.8, 4) is 11.8 Å². The van der Waals surface area contributed by atoms with E-state index in [4.69, 9.17) is 11.2 Å². The van der Waals surface area contributed by atoms with Crippen LogP contribution in [0.25, 0.3) is 0 Å². The minimum absolute atomic E-state index is 0.0386. The van der Waals surface area contributed by atoms with Crippen molar-refractivity contribution in [2.45, 2.75) is 0 Å². The number of nitrogens with zero attached hydrogens (tertiary/aromatic N) is 2. The molecule has 0 saturated carbocycles. The Balaban J connectivity index is 3.23. The molecule has 1 aromatic carbocycles. The van der Waals surface area contributed by atoms with Crippen LogP contribution < -0.4 is 10.7 Å². The SMILES string of the molecule is N#Cc1cc([N+](=O)[O-])ccc1ON. The maximum absolute atomic E-state index is 10.3. The third-order valence-corrected chi connectivity index (χ3v) is 1.42. The fourth-order valence-corrected chi connectivity index (χ4v) is 0.822. The third-order valence-electron chi connectivity index (χ3n) is 1.42. The number of benzene rings is 1. The summed E-state index contributed by atoms with van der Waals surface area (Å²) >= 11 is 0. The van der Waals surface area contributed by atoms with Gasteiger partial charge >= 0.3 is 0 Å². The van der Waals surface area contributed by atoms with Crippen LogP contribution in [0.15, 0.2) is 18.2 Å². The van der Waals surface area contributed by atoms with Crippen molar-refractivity contribution in [1.82, 2.24) is 0 Å². The highest BCUT2D eigenvalue weighted by molar-refractivity contribution is 5.49. The molecule has 0 aliphatic heterocycles. The maximum Gasteiger partial charge on any atom is 0.271 e. The first kappa shape index (κ1) is 8.96. The Kier molecular flexibility index (Phi) is 2.42. The van der Waals surface area contributed by atoms with Crippen LogP contribution in [0, 0.1) is 21.4 Å². The third kappa shape index (κ3) is 1.72. The van der Waals surface area contributed by atoms with E-state index in [1.807, 2.05) is 0 Å². The summed E-state index contributed by atoms with van der Waals surface area (Å²) < 4.78 is 0. The first-order valence-corrected chi connectivity index (χ1v) is 3.24. The second-order valence-electron chi connectivity index (χ2n) is 2.17. The molecule has 2 N–H and O–H groups in total. The summed E-state index contributed by atoms with van der Waals surface area (Å²) in [7, 11) is 0. The molecule has 0 bridgehead atoms. The van der Waals surface area contributed by atoms with E-state index in [0.717, 1.165) is 6.07 Å². The predicted octanol–water partition coefficient (Wildman–Crippen LogP) is 0.719. The Labute approximate surface area is 73.2 Å². The molecule has 13 heavy (non-hydrogen) atoms. The van der Waals surface area contributed by atoms with Gasteiger partial charge in [-0.1, -0.05) is 0 Å². The van der Waals surface area contributed by atoms with Gasteiger partial charge in [0.25, 0.3) is 5.69 Å². The fourth-order valence-electron chi connectivity index (χ4n) is 0.822. The first-order valence-electron chi connectivity index (χ1n) is 3.24. The van der Waals surface area contributed by atoms with Crippen molar-refractivity contribution in [3.63, 3.8) is 0 Å². The largest absolute Gasteiger partial charge is 0.410 e. The highest BCUT2D eigenvalue weighted by Crippen LogP contribution is 2.22. The lowest BCUT2D eigenvalue weighted by atomic mass is 10.2. The van der Waals surface area contributed by atoms with Gasteiger partial charge in [0.05, 0.1) is 4.92 Å². The molecule has 0 aliphatic carbocycles. The predicted molar refractivity (Wildman–Crippen MR) is 42.6 cm³/mol. The number of hydrogen-bond acceptors (Lipinski definition) is 5. The van der Waals surface area contributed by atoms with E-state index >= 15 is 0 Å². The van der Waals surface area contributed by atoms with Gasteiger partial charge in [-0.15, -0.1) is 0 Å². The van der Waals surface area contributed by atoms with Gasteiger partial charge in [0.15, 0.2) is 5.75 Å². The van der Waals surface area contributed by atoms with Crippen LogP contribution in [0.2, 0.25) is 0 Å². The Morgan fingerprint density at radius 2 is 2.31 bits per heavy atom. The number of nitriles is 1. The van der Waals surface area contributed by atoms with Gasteiger partial charge in [-0.05, 0) is 6.07 Å². The van der Waals surface area contributed by atoms with Crippen molar-refractivity contribution in [1.29, 1.82) is 5.26 Å². The van der Waals surface area contributed by atoms with Crippen LogP contribution >= 0.6 is 0 Å². The minimum atomic E-state index is -0.596. The smallest absolute Gasteiger partial charge is 0.271 e. The van der Waals surface area contributed by atoms with Gasteiger partial charge in [-0.3, -0.25) is 10.1 Å². The zero-order chi connectivity index (χ0) is 9.84. The van der Waals surface area contributed by atoms with E-state index in [1.165, 1.54) is 12.1 Å². The molecule has 0 spiro atoms. The second-order valence-corrected chi connectivity index (χ2v) is 2.17. The van der Waals surface area contributed by atoms with Gasteiger partial charge in [0.2, 0.25) is 0 Å². The number of rotatable bonds is 2. The highest BCUT2D eigenvalue weighted by atomic mass is 16.6. The molecular weight excluding hydrogens is 174 g/mol. The molecular formula is C7H5N3O3. The summed E-state index contributed by atoms with van der Waals surface area (Å²) in [5.41, 5.74) is -0.131. The molecule has 6 heteroatoms. The van der Waals surface area contributed by atoms with Crippen molar-refractivity contribution in [2.24, 2.45) is 5.90 Å². The van der Waals surface area contributed by atoms with E-state index in [-0.39, 0.29) is 17.0 Å². The van der Waals surface area contributed by atoms with Gasteiger partial charge in [-0.25, -0.2) is 0 Å². The summed E-state index contributed by atoms with van der Waals surface area (Å²) in [4.78, 5) is 14.0. The molecule has 0 fully saturated rings. The highest BCUT2D eigenvalue weighted by Gasteiger charge is 2.10. The lowest BCUT2D eigenvalue weighted by molar-refractivity contribution is -0.384. The standard InChI is InChI=1S/C7H5N3O3/c8-4-5-3-6(10(11)12)1-2-7(5)13-9/h1-3H,9H2. The Morgan fingerprint density at radius 1 is 1.62 bits per heavy atom. The first-order chi connectivity index (χ1) is 6.19. The van der Waals surface area contributed by atoms with Gasteiger partial charge in [0, 0.05) is 12.1 Å². The number of non-ortho nitro benzene ring substituents is 1. The zero-order valence-electron chi connectivity index (χ0n) is 6.43. The summed E-state index contributed by atoms with van der Waals surface area (Å²) in [6, 6.07) is 5.32. The molecule has 0 radical (unpaired) electrons. The Bertz CT molecular complexity index is 383. The minimum Gasteiger partial charge on any atom is -0.410 e. The van der Waals surface area contributed by atoms with Gasteiger partial charge in [0.1, 0.15) is 11.6 Å². The van der Waals surface area contributed by atoms with Crippen molar-refractivity contribution < 1.29 is 9.76 Å². The zero-order valence-corrected chi connectivity index (χ0v) is 6.43. The maximum atomic E-state index is 10.3. The van der Waals surface area contributed by atoms with Crippen LogP contribution in [0.3, 0.4) is 0 Å². The average molecular weight is 179 g/mol. The number of hydrogen-bond donors (Lipinski definition) is 1. The van der Waals surface area contributed by atoms with Crippen molar-refractivity contribution in [3.05, 3.63) is 33.9 Å². The molecule has 0 aliphatic rings. The van der Waals surface area contributed by atoms with E-state index < -0.39 is 4.92 Å². The van der Waals surface area contributed by atoms with Gasteiger partial charge < -0.3 is 4.84 Å². The Hall–Kier alpha value is -2.13. The lowest BCUT2D eigenvalue weighted by Crippen LogP contribution is -2.03. The molecule has 66 valence electrons. The van der Waals surface area contributed by atoms with Crippen LogP contribution in [0.4, 0.5) is 5.69 Å². The topological polar surface area (TPSA) is 102 Å². The molecule has 1 rings (SSSR count). The quantitative estimate of drug-likeness (QED) is 0.532. The Morgan fingerprint density at radius 3 is 2.77 bits per heavy atom. The summed E-state index contributed by atoms with van der Waals surface area (Å²) in [5, 5.41) is 18.8. The summed E-state index contributed by atoms with van der Waals surface area (Å²) in [6.45, 7) is 0. The molecule has 0 unspecified atom stereocenters. The lowest BCUT2D eigenvalue weighted by Gasteiger charge is -1.99. The molecule has 0 amide bonds. The average Bonchev–Trinajstić information content (AvgIpc) is 2.16. The molecule has 0 heterocycles. The normalized spacial score (nSPS) is 8.92. The van der Waals surface area contributed by atoms with Crippen molar-refractivity contribution >= 4 is 5.69 Å². The van der Waals surface area contributed by atoms with Crippen LogP contribution in [-0.2, 0) is 0 Å². The van der Waals surface area contributed by atoms with Crippen LogP contribution in [0.1, 0.15) is 5.56 Å². The van der Waals surface area contributed by atoms with Crippen LogP contribution in [-0.4, -0.2) is 4.92 Å².